The monoisotopic (exact) mass is 192 g/mol. The molecule has 0 N–H and O–H groups in total. The smallest absolute Gasteiger partial charge is 0.117 e. The van der Waals surface area contributed by atoms with Crippen LogP contribution in [0.1, 0.15) is 12.8 Å². The molecule has 0 spiro atoms. The minimum Gasteiger partial charge on any atom is -0.371 e. The molecule has 1 saturated heterocycles. The predicted molar refractivity (Wildman–Crippen MR) is 53.9 cm³/mol. The molecule has 1 heterocycles. The first-order valence-electron chi connectivity index (χ1n) is 4.55. The van der Waals surface area contributed by atoms with Crippen LogP contribution in [0.2, 0.25) is 0 Å². The Bertz CT molecular complexity index is 317. The summed E-state index contributed by atoms with van der Waals surface area (Å²) in [5.41, 5.74) is 0.864. The molecule has 0 atom stereocenters. The Balaban J connectivity index is 2.75. The van der Waals surface area contributed by atoms with Gasteiger partial charge in [0.05, 0.1) is 5.57 Å². The lowest BCUT2D eigenvalue weighted by atomic mass is 10.2. The molecule has 3 heteroatoms. The molecule has 0 saturated carbocycles. The first kappa shape index (κ1) is 10.5. The lowest BCUT2D eigenvalue weighted by molar-refractivity contribution is 0.438. The second kappa shape index (κ2) is 4.61. The van der Waals surface area contributed by atoms with Crippen molar-refractivity contribution < 1.29 is 4.39 Å². The largest absolute Gasteiger partial charge is 0.371 e. The van der Waals surface area contributed by atoms with Crippen molar-refractivity contribution in [2.45, 2.75) is 12.8 Å². The number of nitriles is 1. The maximum absolute atomic E-state index is 12.5. The van der Waals surface area contributed by atoms with Crippen LogP contribution in [0.5, 0.6) is 0 Å². The third-order valence-corrected chi connectivity index (χ3v) is 2.22. The van der Waals surface area contributed by atoms with Crippen LogP contribution < -0.4 is 0 Å². The van der Waals surface area contributed by atoms with Crippen LogP contribution in [0.25, 0.3) is 0 Å². The summed E-state index contributed by atoms with van der Waals surface area (Å²) < 4.78 is 12.5. The summed E-state index contributed by atoms with van der Waals surface area (Å²) in [6.45, 7) is 8.69. The molecule has 0 bridgehead atoms. The highest BCUT2D eigenvalue weighted by atomic mass is 19.1. The summed E-state index contributed by atoms with van der Waals surface area (Å²) in [6, 6.07) is 1.93. The van der Waals surface area contributed by atoms with Gasteiger partial charge in [-0.15, -0.1) is 0 Å². The van der Waals surface area contributed by atoms with Crippen LogP contribution in [0.3, 0.4) is 0 Å². The molecule has 1 aliphatic heterocycles. The van der Waals surface area contributed by atoms with Crippen LogP contribution in [0.4, 0.5) is 4.39 Å². The van der Waals surface area contributed by atoms with Crippen LogP contribution in [-0.4, -0.2) is 18.0 Å². The van der Waals surface area contributed by atoms with E-state index in [1.54, 1.807) is 0 Å². The van der Waals surface area contributed by atoms with Crippen molar-refractivity contribution in [3.63, 3.8) is 0 Å². The fraction of sp³-hybridized carbons (Fsp3) is 0.364. The zero-order chi connectivity index (χ0) is 10.6. The van der Waals surface area contributed by atoms with Gasteiger partial charge in [0.25, 0.3) is 0 Å². The molecule has 0 amide bonds. The quantitative estimate of drug-likeness (QED) is 0.507. The highest BCUT2D eigenvalue weighted by Crippen LogP contribution is 2.20. The van der Waals surface area contributed by atoms with E-state index >= 15 is 0 Å². The summed E-state index contributed by atoms with van der Waals surface area (Å²) in [5.74, 6) is -0.609. The normalized spacial score (nSPS) is 16.6. The first-order valence-corrected chi connectivity index (χ1v) is 4.55. The topological polar surface area (TPSA) is 27.0 Å². The zero-order valence-corrected chi connectivity index (χ0v) is 8.09. The molecule has 2 nitrogen and oxygen atoms in total. The standard InChI is InChI=1S/C11H13FN2/c1-9(12)7-11(8-13)10(2)14-5-3-4-6-14/h7H,1-6H2/b11-7-. The third kappa shape index (κ3) is 2.46. The molecule has 0 radical (unpaired) electrons. The Labute approximate surface area is 83.6 Å². The van der Waals surface area contributed by atoms with E-state index in [-0.39, 0.29) is 5.57 Å². The fourth-order valence-corrected chi connectivity index (χ4v) is 1.49. The third-order valence-electron chi connectivity index (χ3n) is 2.22. The lowest BCUT2D eigenvalue weighted by Gasteiger charge is -2.19. The Hall–Kier alpha value is -1.56. The molecular weight excluding hydrogens is 179 g/mol. The van der Waals surface area contributed by atoms with E-state index in [0.717, 1.165) is 32.0 Å². The van der Waals surface area contributed by atoms with Gasteiger partial charge >= 0.3 is 0 Å². The number of nitrogens with zero attached hydrogens (tertiary/aromatic N) is 2. The number of allylic oxidation sites excluding steroid dienone is 3. The molecule has 0 aromatic heterocycles. The fourth-order valence-electron chi connectivity index (χ4n) is 1.49. The van der Waals surface area contributed by atoms with Crippen LogP contribution in [0, 0.1) is 11.3 Å². The van der Waals surface area contributed by atoms with Gasteiger partial charge < -0.3 is 4.90 Å². The summed E-state index contributed by atoms with van der Waals surface area (Å²) >= 11 is 0. The van der Waals surface area contributed by atoms with E-state index in [2.05, 4.69) is 13.2 Å². The van der Waals surface area contributed by atoms with Crippen molar-refractivity contribution in [1.29, 1.82) is 5.26 Å². The molecule has 0 aromatic carbocycles. The first-order chi connectivity index (χ1) is 6.65. The SMILES string of the molecule is C=C(F)/C=C(/C#N)C(=C)N1CCCC1. The summed E-state index contributed by atoms with van der Waals surface area (Å²) in [7, 11) is 0. The zero-order valence-electron chi connectivity index (χ0n) is 8.09. The van der Waals surface area contributed by atoms with Gasteiger partial charge in [0, 0.05) is 18.8 Å². The summed E-state index contributed by atoms with van der Waals surface area (Å²) in [5, 5.41) is 8.79. The average Bonchev–Trinajstić information content (AvgIpc) is 2.65. The van der Waals surface area contributed by atoms with Gasteiger partial charge in [0.1, 0.15) is 11.9 Å². The highest BCUT2D eigenvalue weighted by Gasteiger charge is 2.16. The van der Waals surface area contributed by atoms with Gasteiger partial charge in [-0.3, -0.25) is 0 Å². The van der Waals surface area contributed by atoms with Gasteiger partial charge in [0.2, 0.25) is 0 Å². The summed E-state index contributed by atoms with van der Waals surface area (Å²) in [6.07, 6.45) is 3.34. The van der Waals surface area contributed by atoms with Crippen LogP contribution in [-0.2, 0) is 0 Å². The average molecular weight is 192 g/mol. The van der Waals surface area contributed by atoms with E-state index < -0.39 is 5.83 Å². The lowest BCUT2D eigenvalue weighted by Crippen LogP contribution is -2.18. The second-order valence-corrected chi connectivity index (χ2v) is 3.26. The highest BCUT2D eigenvalue weighted by molar-refractivity contribution is 5.42. The van der Waals surface area contributed by atoms with Gasteiger partial charge in [-0.05, 0) is 18.9 Å². The van der Waals surface area contributed by atoms with E-state index in [1.165, 1.54) is 0 Å². The molecule has 1 aliphatic rings. The van der Waals surface area contributed by atoms with Crippen LogP contribution in [0.15, 0.2) is 36.3 Å². The second-order valence-electron chi connectivity index (χ2n) is 3.26. The van der Waals surface area contributed by atoms with Gasteiger partial charge in [0.15, 0.2) is 0 Å². The Kier molecular flexibility index (Phi) is 3.47. The molecule has 0 aliphatic carbocycles. The molecule has 0 unspecified atom stereocenters. The maximum Gasteiger partial charge on any atom is 0.117 e. The molecular formula is C11H13FN2. The minimum absolute atomic E-state index is 0.263. The van der Waals surface area contributed by atoms with Crippen molar-refractivity contribution >= 4 is 0 Å². The van der Waals surface area contributed by atoms with Crippen molar-refractivity contribution in [1.82, 2.24) is 4.90 Å². The number of likely N-dealkylation sites (tertiary alicyclic amines) is 1. The van der Waals surface area contributed by atoms with E-state index in [4.69, 9.17) is 5.26 Å². The predicted octanol–water partition coefficient (Wildman–Crippen LogP) is 2.53. The van der Waals surface area contributed by atoms with Crippen molar-refractivity contribution in [2.75, 3.05) is 13.1 Å². The Morgan fingerprint density at radius 1 is 1.36 bits per heavy atom. The number of rotatable bonds is 3. The number of halogens is 1. The van der Waals surface area contributed by atoms with E-state index in [1.807, 2.05) is 11.0 Å². The maximum atomic E-state index is 12.5. The van der Waals surface area contributed by atoms with Gasteiger partial charge in [-0.2, -0.15) is 5.26 Å². The molecule has 1 fully saturated rings. The minimum atomic E-state index is -0.609. The van der Waals surface area contributed by atoms with Crippen molar-refractivity contribution in [3.8, 4) is 6.07 Å². The van der Waals surface area contributed by atoms with Gasteiger partial charge in [-0.25, -0.2) is 4.39 Å². The molecule has 1 rings (SSSR count). The number of hydrogen-bond acceptors (Lipinski definition) is 2. The van der Waals surface area contributed by atoms with Crippen molar-refractivity contribution in [2.24, 2.45) is 0 Å². The van der Waals surface area contributed by atoms with Crippen molar-refractivity contribution in [3.05, 3.63) is 36.3 Å². The van der Waals surface area contributed by atoms with Gasteiger partial charge in [-0.1, -0.05) is 13.2 Å². The Morgan fingerprint density at radius 2 is 1.93 bits per heavy atom. The molecule has 0 aromatic rings. The van der Waals surface area contributed by atoms with E-state index in [9.17, 15) is 4.39 Å². The number of hydrogen-bond donors (Lipinski definition) is 0. The van der Waals surface area contributed by atoms with E-state index in [0.29, 0.717) is 5.70 Å². The molecule has 14 heavy (non-hydrogen) atoms. The van der Waals surface area contributed by atoms with Crippen LogP contribution >= 0.6 is 0 Å². The molecule has 74 valence electrons. The summed E-state index contributed by atoms with van der Waals surface area (Å²) in [4.78, 5) is 2.00. The Morgan fingerprint density at radius 3 is 2.36 bits per heavy atom.